The Kier molecular flexibility index (Phi) is 4.80. The molecule has 3 amide bonds. The van der Waals surface area contributed by atoms with Gasteiger partial charge in [0.15, 0.2) is 6.61 Å². The number of imide groups is 1. The zero-order valence-corrected chi connectivity index (χ0v) is 13.7. The van der Waals surface area contributed by atoms with Crippen LogP contribution in [0, 0.1) is 0 Å². The van der Waals surface area contributed by atoms with Gasteiger partial charge in [0.1, 0.15) is 5.75 Å². The summed E-state index contributed by atoms with van der Waals surface area (Å²) in [5.74, 6) is 0.319. The number of carbonyl (C=O) groups is 3. The van der Waals surface area contributed by atoms with Crippen molar-refractivity contribution >= 4 is 17.7 Å². The summed E-state index contributed by atoms with van der Waals surface area (Å²) in [5.41, 5.74) is 0. The summed E-state index contributed by atoms with van der Waals surface area (Å²) in [5, 5.41) is 0. The maximum Gasteiger partial charge on any atom is 0.260 e. The number of hydrogen-bond donors (Lipinski definition) is 0. The first-order valence-corrected chi connectivity index (χ1v) is 8.06. The summed E-state index contributed by atoms with van der Waals surface area (Å²) in [4.78, 5) is 40.8. The van der Waals surface area contributed by atoms with Crippen LogP contribution in [0.2, 0.25) is 0 Å². The molecule has 2 aliphatic rings. The van der Waals surface area contributed by atoms with Gasteiger partial charge in [-0.1, -0.05) is 18.2 Å². The quantitative estimate of drug-likeness (QED) is 0.725. The van der Waals surface area contributed by atoms with E-state index in [1.807, 2.05) is 35.2 Å². The lowest BCUT2D eigenvalue weighted by atomic mass is 10.1. The van der Waals surface area contributed by atoms with Crippen LogP contribution in [-0.4, -0.2) is 78.3 Å². The summed E-state index contributed by atoms with van der Waals surface area (Å²) in [6, 6.07) is 8.85. The largest absolute Gasteiger partial charge is 0.484 e. The van der Waals surface area contributed by atoms with Crippen molar-refractivity contribution in [1.82, 2.24) is 14.7 Å². The Bertz CT molecular complexity index is 626. The van der Waals surface area contributed by atoms with Crippen molar-refractivity contribution in [3.63, 3.8) is 0 Å². The number of ether oxygens (including phenoxy) is 1. The smallest absolute Gasteiger partial charge is 0.260 e. The monoisotopic (exact) mass is 331 g/mol. The van der Waals surface area contributed by atoms with E-state index in [1.165, 1.54) is 11.9 Å². The molecule has 2 saturated heterocycles. The zero-order valence-electron chi connectivity index (χ0n) is 13.7. The zero-order chi connectivity index (χ0) is 17.1. The lowest BCUT2D eigenvalue weighted by Crippen LogP contribution is -2.54. The summed E-state index contributed by atoms with van der Waals surface area (Å²) in [6.45, 7) is 2.27. The number of piperazine rings is 1. The summed E-state index contributed by atoms with van der Waals surface area (Å²) in [6.07, 6.45) is 0.237. The molecule has 7 nitrogen and oxygen atoms in total. The van der Waals surface area contributed by atoms with Crippen LogP contribution >= 0.6 is 0 Å². The first-order valence-electron chi connectivity index (χ1n) is 8.06. The van der Waals surface area contributed by atoms with Gasteiger partial charge in [0.2, 0.25) is 11.8 Å². The molecule has 1 unspecified atom stereocenters. The Labute approximate surface area is 140 Å². The fourth-order valence-corrected chi connectivity index (χ4v) is 3.06. The highest BCUT2D eigenvalue weighted by molar-refractivity contribution is 6.05. The van der Waals surface area contributed by atoms with E-state index in [0.29, 0.717) is 31.9 Å². The molecule has 3 rings (SSSR count). The first kappa shape index (κ1) is 16.4. The minimum Gasteiger partial charge on any atom is -0.484 e. The topological polar surface area (TPSA) is 70.2 Å². The molecule has 0 saturated carbocycles. The number of benzene rings is 1. The van der Waals surface area contributed by atoms with Crippen LogP contribution < -0.4 is 4.74 Å². The predicted molar refractivity (Wildman–Crippen MR) is 86.3 cm³/mol. The summed E-state index contributed by atoms with van der Waals surface area (Å²) >= 11 is 0. The predicted octanol–water partition coefficient (Wildman–Crippen LogP) is -0.0331. The Morgan fingerprint density at radius 2 is 1.79 bits per heavy atom. The third-order valence-corrected chi connectivity index (χ3v) is 4.57. The van der Waals surface area contributed by atoms with Gasteiger partial charge in [0, 0.05) is 33.2 Å². The summed E-state index contributed by atoms with van der Waals surface area (Å²) < 4.78 is 5.48. The van der Waals surface area contributed by atoms with E-state index in [4.69, 9.17) is 4.74 Å². The molecule has 1 atom stereocenters. The molecule has 0 radical (unpaired) electrons. The van der Waals surface area contributed by atoms with Crippen molar-refractivity contribution in [3.8, 4) is 5.75 Å². The second kappa shape index (κ2) is 7.00. The molecule has 2 heterocycles. The number of para-hydroxylation sites is 1. The number of rotatable bonds is 4. The molecule has 0 N–H and O–H groups in total. The highest BCUT2D eigenvalue weighted by Gasteiger charge is 2.40. The fraction of sp³-hybridized carbons (Fsp3) is 0.471. The summed E-state index contributed by atoms with van der Waals surface area (Å²) in [7, 11) is 1.52. The molecule has 0 aromatic heterocycles. The standard InChI is InChI=1S/C17H21N3O4/c1-18-15(21)11-14(17(18)23)19-7-9-20(10-8-19)16(22)12-24-13-5-3-2-4-6-13/h2-6,14H,7-12H2,1H3. The molecular formula is C17H21N3O4. The van der Waals surface area contributed by atoms with Gasteiger partial charge in [-0.15, -0.1) is 0 Å². The van der Waals surface area contributed by atoms with E-state index in [9.17, 15) is 14.4 Å². The van der Waals surface area contributed by atoms with Gasteiger partial charge in [-0.25, -0.2) is 0 Å². The molecular weight excluding hydrogens is 310 g/mol. The van der Waals surface area contributed by atoms with Gasteiger partial charge in [-0.3, -0.25) is 24.2 Å². The van der Waals surface area contributed by atoms with E-state index in [0.717, 1.165) is 0 Å². The fourth-order valence-electron chi connectivity index (χ4n) is 3.06. The average Bonchev–Trinajstić information content (AvgIpc) is 2.88. The maximum atomic E-state index is 12.2. The van der Waals surface area contributed by atoms with Crippen LogP contribution in [0.1, 0.15) is 6.42 Å². The Balaban J connectivity index is 1.47. The van der Waals surface area contributed by atoms with E-state index >= 15 is 0 Å². The van der Waals surface area contributed by atoms with Crippen molar-refractivity contribution in [2.45, 2.75) is 12.5 Å². The average molecular weight is 331 g/mol. The number of carbonyl (C=O) groups excluding carboxylic acids is 3. The number of likely N-dealkylation sites (N-methyl/N-ethyl adjacent to an activating group) is 1. The molecule has 1 aromatic rings. The lowest BCUT2D eigenvalue weighted by Gasteiger charge is -2.36. The van der Waals surface area contributed by atoms with Gasteiger partial charge >= 0.3 is 0 Å². The Hall–Kier alpha value is -2.41. The molecule has 128 valence electrons. The second-order valence-corrected chi connectivity index (χ2v) is 6.03. The molecule has 0 spiro atoms. The van der Waals surface area contributed by atoms with Crippen LogP contribution in [0.5, 0.6) is 5.75 Å². The van der Waals surface area contributed by atoms with Crippen LogP contribution in [0.25, 0.3) is 0 Å². The lowest BCUT2D eigenvalue weighted by molar-refractivity contribution is -0.138. The minimum absolute atomic E-state index is 0.00754. The number of hydrogen-bond acceptors (Lipinski definition) is 5. The number of likely N-dealkylation sites (tertiary alicyclic amines) is 1. The molecule has 0 aliphatic carbocycles. The molecule has 24 heavy (non-hydrogen) atoms. The van der Waals surface area contributed by atoms with E-state index in [-0.39, 0.29) is 36.8 Å². The van der Waals surface area contributed by atoms with E-state index in [2.05, 4.69) is 0 Å². The second-order valence-electron chi connectivity index (χ2n) is 6.03. The molecule has 0 bridgehead atoms. The van der Waals surface area contributed by atoms with Crippen molar-refractivity contribution in [1.29, 1.82) is 0 Å². The first-order chi connectivity index (χ1) is 11.6. The highest BCUT2D eigenvalue weighted by atomic mass is 16.5. The number of amides is 3. The SMILES string of the molecule is CN1C(=O)CC(N2CCN(C(=O)COc3ccccc3)CC2)C1=O. The molecule has 7 heteroatoms. The molecule has 2 aliphatic heterocycles. The third-order valence-electron chi connectivity index (χ3n) is 4.57. The van der Waals surface area contributed by atoms with Crippen molar-refractivity contribution in [3.05, 3.63) is 30.3 Å². The van der Waals surface area contributed by atoms with Crippen molar-refractivity contribution in [2.75, 3.05) is 39.8 Å². The Morgan fingerprint density at radius 1 is 1.12 bits per heavy atom. The normalized spacial score (nSPS) is 22.1. The molecule has 2 fully saturated rings. The van der Waals surface area contributed by atoms with Crippen molar-refractivity contribution < 1.29 is 19.1 Å². The van der Waals surface area contributed by atoms with Gasteiger partial charge in [-0.2, -0.15) is 0 Å². The van der Waals surface area contributed by atoms with Gasteiger partial charge < -0.3 is 9.64 Å². The Morgan fingerprint density at radius 3 is 2.38 bits per heavy atom. The van der Waals surface area contributed by atoms with E-state index in [1.54, 1.807) is 4.90 Å². The number of nitrogens with zero attached hydrogens (tertiary/aromatic N) is 3. The molecule has 1 aromatic carbocycles. The van der Waals surface area contributed by atoms with Gasteiger partial charge in [0.05, 0.1) is 12.5 Å². The van der Waals surface area contributed by atoms with Crippen LogP contribution in [0.3, 0.4) is 0 Å². The van der Waals surface area contributed by atoms with E-state index < -0.39 is 0 Å². The van der Waals surface area contributed by atoms with Crippen LogP contribution in [0.4, 0.5) is 0 Å². The minimum atomic E-state index is -0.375. The van der Waals surface area contributed by atoms with Crippen LogP contribution in [0.15, 0.2) is 30.3 Å². The maximum absolute atomic E-state index is 12.2. The van der Waals surface area contributed by atoms with Crippen molar-refractivity contribution in [2.24, 2.45) is 0 Å². The van der Waals surface area contributed by atoms with Gasteiger partial charge in [-0.05, 0) is 12.1 Å². The van der Waals surface area contributed by atoms with Crippen LogP contribution in [-0.2, 0) is 14.4 Å². The van der Waals surface area contributed by atoms with Gasteiger partial charge in [0.25, 0.3) is 5.91 Å². The highest BCUT2D eigenvalue weighted by Crippen LogP contribution is 2.19. The third kappa shape index (κ3) is 3.41.